The highest BCUT2D eigenvalue weighted by molar-refractivity contribution is 6.05. The van der Waals surface area contributed by atoms with E-state index in [1.54, 1.807) is 6.08 Å². The summed E-state index contributed by atoms with van der Waals surface area (Å²) in [5, 5.41) is 0. The van der Waals surface area contributed by atoms with E-state index < -0.39 is 5.92 Å². The van der Waals surface area contributed by atoms with Crippen molar-refractivity contribution in [2.45, 2.75) is 13.0 Å². The van der Waals surface area contributed by atoms with E-state index in [4.69, 9.17) is 0 Å². The van der Waals surface area contributed by atoms with E-state index in [1.807, 2.05) is 17.0 Å². The molecule has 0 N–H and O–H groups in total. The Morgan fingerprint density at radius 3 is 2.79 bits per heavy atom. The second-order valence-electron chi connectivity index (χ2n) is 4.78. The Morgan fingerprint density at radius 2 is 2.05 bits per heavy atom. The van der Waals surface area contributed by atoms with Gasteiger partial charge in [-0.2, -0.15) is 0 Å². The number of dihydropyridines is 1. The summed E-state index contributed by atoms with van der Waals surface area (Å²) >= 11 is 0. The highest BCUT2D eigenvalue weighted by atomic mass is 16.2. The first-order valence-electron chi connectivity index (χ1n) is 6.36. The van der Waals surface area contributed by atoms with Gasteiger partial charge in [0.05, 0.1) is 5.92 Å². The summed E-state index contributed by atoms with van der Waals surface area (Å²) in [6, 6.07) is 8.19. The molecule has 2 amide bonds. The van der Waals surface area contributed by atoms with Gasteiger partial charge >= 0.3 is 0 Å². The molecule has 1 unspecified atom stereocenters. The third-order valence-electron chi connectivity index (χ3n) is 3.54. The van der Waals surface area contributed by atoms with Gasteiger partial charge in [-0.1, -0.05) is 30.3 Å². The first kappa shape index (κ1) is 11.8. The lowest BCUT2D eigenvalue weighted by Crippen LogP contribution is -2.40. The molecule has 0 radical (unpaired) electrons. The standard InChI is InChI=1S/C15H14N2O2/c18-14-6-5-12(9-16-14)15(19)17-8-7-11-3-1-2-4-13(11)10-17/h1-6,9,12H,7-8,10H2. The number of amides is 2. The zero-order valence-electron chi connectivity index (χ0n) is 10.5. The summed E-state index contributed by atoms with van der Waals surface area (Å²) in [5.74, 6) is -0.682. The summed E-state index contributed by atoms with van der Waals surface area (Å²) in [6.45, 7) is 1.36. The molecule has 19 heavy (non-hydrogen) atoms. The number of aliphatic imine (C=N–C) groups is 1. The summed E-state index contributed by atoms with van der Waals surface area (Å²) in [6.07, 6.45) is 5.30. The molecule has 0 saturated carbocycles. The molecule has 1 atom stereocenters. The minimum atomic E-state index is -0.400. The lowest BCUT2D eigenvalue weighted by Gasteiger charge is -2.30. The van der Waals surface area contributed by atoms with Crippen LogP contribution in [0, 0.1) is 5.92 Å². The van der Waals surface area contributed by atoms with Crippen molar-refractivity contribution >= 4 is 18.0 Å². The van der Waals surface area contributed by atoms with E-state index in [0.29, 0.717) is 6.54 Å². The predicted molar refractivity (Wildman–Crippen MR) is 71.7 cm³/mol. The van der Waals surface area contributed by atoms with Crippen LogP contribution < -0.4 is 0 Å². The topological polar surface area (TPSA) is 49.7 Å². The van der Waals surface area contributed by atoms with Crippen molar-refractivity contribution in [3.05, 3.63) is 47.5 Å². The molecule has 3 rings (SSSR count). The van der Waals surface area contributed by atoms with E-state index in [-0.39, 0.29) is 11.8 Å². The number of nitrogens with zero attached hydrogens (tertiary/aromatic N) is 2. The van der Waals surface area contributed by atoms with Gasteiger partial charge in [-0.3, -0.25) is 9.59 Å². The van der Waals surface area contributed by atoms with Crippen molar-refractivity contribution in [2.24, 2.45) is 10.9 Å². The SMILES string of the molecule is O=C1C=CC(C(=O)N2CCc3ccccc3C2)C=N1. The maximum absolute atomic E-state index is 12.3. The molecule has 4 nitrogen and oxygen atoms in total. The summed E-state index contributed by atoms with van der Waals surface area (Å²) in [4.78, 5) is 28.8. The molecule has 4 heteroatoms. The monoisotopic (exact) mass is 254 g/mol. The van der Waals surface area contributed by atoms with Gasteiger partial charge < -0.3 is 4.90 Å². The van der Waals surface area contributed by atoms with Crippen LogP contribution in [0.15, 0.2) is 41.4 Å². The Hall–Kier alpha value is -2.23. The van der Waals surface area contributed by atoms with Gasteiger partial charge in [0.15, 0.2) is 0 Å². The maximum Gasteiger partial charge on any atom is 0.269 e. The number of benzene rings is 1. The molecule has 1 aromatic rings. The second-order valence-corrected chi connectivity index (χ2v) is 4.78. The van der Waals surface area contributed by atoms with Gasteiger partial charge in [-0.25, -0.2) is 4.99 Å². The molecule has 2 aliphatic rings. The van der Waals surface area contributed by atoms with Gasteiger partial charge in [-0.05, 0) is 17.5 Å². The first-order valence-corrected chi connectivity index (χ1v) is 6.36. The van der Waals surface area contributed by atoms with Crippen LogP contribution in [-0.4, -0.2) is 29.5 Å². The number of fused-ring (bicyclic) bond motifs is 1. The third-order valence-corrected chi connectivity index (χ3v) is 3.54. The fourth-order valence-electron chi connectivity index (χ4n) is 2.47. The Kier molecular flexibility index (Phi) is 2.99. The quantitative estimate of drug-likeness (QED) is 0.759. The Labute approximate surface area is 111 Å². The molecular formula is C15H14N2O2. The molecule has 2 aliphatic heterocycles. The van der Waals surface area contributed by atoms with E-state index in [2.05, 4.69) is 17.1 Å². The van der Waals surface area contributed by atoms with Crippen LogP contribution in [0.2, 0.25) is 0 Å². The summed E-state index contributed by atoms with van der Waals surface area (Å²) < 4.78 is 0. The number of hydrogen-bond acceptors (Lipinski definition) is 2. The molecule has 0 spiro atoms. The molecule has 0 aliphatic carbocycles. The molecule has 0 saturated heterocycles. The van der Waals surface area contributed by atoms with Gasteiger partial charge in [0, 0.05) is 25.4 Å². The van der Waals surface area contributed by atoms with Crippen LogP contribution in [0.5, 0.6) is 0 Å². The Morgan fingerprint density at radius 1 is 1.26 bits per heavy atom. The zero-order chi connectivity index (χ0) is 13.2. The first-order chi connectivity index (χ1) is 9.24. The number of rotatable bonds is 1. The fourth-order valence-corrected chi connectivity index (χ4v) is 2.47. The minimum Gasteiger partial charge on any atom is -0.337 e. The van der Waals surface area contributed by atoms with Gasteiger partial charge in [-0.15, -0.1) is 0 Å². The molecule has 0 fully saturated rings. The Balaban J connectivity index is 1.75. The van der Waals surface area contributed by atoms with E-state index in [1.165, 1.54) is 23.4 Å². The van der Waals surface area contributed by atoms with Crippen molar-refractivity contribution in [1.29, 1.82) is 0 Å². The van der Waals surface area contributed by atoms with Crippen molar-refractivity contribution in [3.8, 4) is 0 Å². The zero-order valence-corrected chi connectivity index (χ0v) is 10.5. The van der Waals surface area contributed by atoms with E-state index >= 15 is 0 Å². The predicted octanol–water partition coefficient (Wildman–Crippen LogP) is 1.35. The van der Waals surface area contributed by atoms with Crippen LogP contribution in [-0.2, 0) is 22.6 Å². The van der Waals surface area contributed by atoms with Crippen molar-refractivity contribution in [1.82, 2.24) is 4.90 Å². The lowest BCUT2D eigenvalue weighted by atomic mass is 9.98. The third kappa shape index (κ3) is 2.34. The average Bonchev–Trinajstić information content (AvgIpc) is 2.47. The van der Waals surface area contributed by atoms with Gasteiger partial charge in [0.2, 0.25) is 5.91 Å². The van der Waals surface area contributed by atoms with Crippen molar-refractivity contribution < 1.29 is 9.59 Å². The van der Waals surface area contributed by atoms with Crippen LogP contribution in [0.3, 0.4) is 0 Å². The molecule has 96 valence electrons. The normalized spacial score (nSPS) is 21.4. The smallest absolute Gasteiger partial charge is 0.269 e. The summed E-state index contributed by atoms with van der Waals surface area (Å²) in [5.41, 5.74) is 2.52. The number of carbonyl (C=O) groups excluding carboxylic acids is 2. The largest absolute Gasteiger partial charge is 0.337 e. The van der Waals surface area contributed by atoms with Crippen LogP contribution >= 0.6 is 0 Å². The highest BCUT2D eigenvalue weighted by Gasteiger charge is 2.25. The highest BCUT2D eigenvalue weighted by Crippen LogP contribution is 2.20. The molecule has 2 heterocycles. The van der Waals surface area contributed by atoms with Crippen molar-refractivity contribution in [3.63, 3.8) is 0 Å². The maximum atomic E-state index is 12.3. The van der Waals surface area contributed by atoms with E-state index in [0.717, 1.165) is 13.0 Å². The summed E-state index contributed by atoms with van der Waals surface area (Å²) in [7, 11) is 0. The molecular weight excluding hydrogens is 240 g/mol. The fraction of sp³-hybridized carbons (Fsp3) is 0.267. The van der Waals surface area contributed by atoms with Crippen molar-refractivity contribution in [2.75, 3.05) is 6.54 Å². The molecule has 1 aromatic carbocycles. The van der Waals surface area contributed by atoms with Crippen LogP contribution in [0.1, 0.15) is 11.1 Å². The Bertz CT molecular complexity index is 574. The molecule has 0 aromatic heterocycles. The number of carbonyl (C=O) groups is 2. The van der Waals surface area contributed by atoms with Crippen LogP contribution in [0.25, 0.3) is 0 Å². The number of hydrogen-bond donors (Lipinski definition) is 0. The second kappa shape index (κ2) is 4.80. The van der Waals surface area contributed by atoms with E-state index in [9.17, 15) is 9.59 Å². The average molecular weight is 254 g/mol. The van der Waals surface area contributed by atoms with Gasteiger partial charge in [0.1, 0.15) is 0 Å². The minimum absolute atomic E-state index is 0.0157. The van der Waals surface area contributed by atoms with Gasteiger partial charge in [0.25, 0.3) is 5.91 Å². The molecule has 0 bridgehead atoms. The lowest BCUT2D eigenvalue weighted by molar-refractivity contribution is -0.133. The van der Waals surface area contributed by atoms with Crippen LogP contribution in [0.4, 0.5) is 0 Å².